The molecule has 30 heavy (non-hydrogen) atoms. The fourth-order valence-corrected chi connectivity index (χ4v) is 4.58. The van der Waals surface area contributed by atoms with Crippen molar-refractivity contribution in [3.05, 3.63) is 94.8 Å². The molecule has 0 bridgehead atoms. The van der Waals surface area contributed by atoms with E-state index in [-0.39, 0.29) is 11.8 Å². The average Bonchev–Trinajstić information content (AvgIpc) is 3.29. The van der Waals surface area contributed by atoms with Gasteiger partial charge in [0.05, 0.1) is 11.0 Å². The number of carbonyl (C=O) groups excluding carboxylic acids is 1. The Hall–Kier alpha value is -3.11. The first-order chi connectivity index (χ1) is 14.6. The number of hydrogen-bond donors (Lipinski definition) is 0. The third-order valence-electron chi connectivity index (χ3n) is 5.81. The summed E-state index contributed by atoms with van der Waals surface area (Å²) in [6, 6.07) is 24.1. The maximum Gasteiger partial charge on any atom is 0.227 e. The number of fused-ring (bicyclic) bond motifs is 1. The van der Waals surface area contributed by atoms with Crippen LogP contribution in [0, 0.1) is 6.92 Å². The van der Waals surface area contributed by atoms with Crippen molar-refractivity contribution in [2.24, 2.45) is 0 Å². The molecule has 4 aromatic rings. The number of imidazole rings is 1. The molecule has 150 valence electrons. The molecule has 1 atom stereocenters. The zero-order chi connectivity index (χ0) is 20.7. The van der Waals surface area contributed by atoms with Crippen LogP contribution in [0.3, 0.4) is 0 Å². The van der Waals surface area contributed by atoms with Gasteiger partial charge in [0.1, 0.15) is 5.82 Å². The molecule has 5 heteroatoms. The number of amides is 1. The molecule has 0 N–H and O–H groups in total. The van der Waals surface area contributed by atoms with Crippen LogP contribution in [0.4, 0.5) is 5.69 Å². The van der Waals surface area contributed by atoms with Gasteiger partial charge in [0.15, 0.2) is 0 Å². The molecule has 0 saturated carbocycles. The summed E-state index contributed by atoms with van der Waals surface area (Å²) in [6.45, 7) is 3.36. The zero-order valence-corrected chi connectivity index (χ0v) is 17.5. The maximum atomic E-state index is 12.9. The van der Waals surface area contributed by atoms with Crippen molar-refractivity contribution in [1.82, 2.24) is 9.55 Å². The lowest BCUT2D eigenvalue weighted by Gasteiger charge is -2.19. The van der Waals surface area contributed by atoms with Gasteiger partial charge in [0.2, 0.25) is 5.91 Å². The highest BCUT2D eigenvalue weighted by Crippen LogP contribution is 2.34. The quantitative estimate of drug-likeness (QED) is 0.437. The lowest BCUT2D eigenvalue weighted by Crippen LogP contribution is -2.25. The van der Waals surface area contributed by atoms with E-state index in [0.29, 0.717) is 19.5 Å². The second-order valence-electron chi connectivity index (χ2n) is 7.87. The Morgan fingerprint density at radius 1 is 1.03 bits per heavy atom. The zero-order valence-electron chi connectivity index (χ0n) is 16.8. The molecular formula is C25H22ClN3O. The Kier molecular flexibility index (Phi) is 4.80. The van der Waals surface area contributed by atoms with Gasteiger partial charge in [0, 0.05) is 36.1 Å². The van der Waals surface area contributed by atoms with E-state index >= 15 is 0 Å². The molecule has 0 spiro atoms. The number of hydrogen-bond acceptors (Lipinski definition) is 2. The third kappa shape index (κ3) is 3.37. The van der Waals surface area contributed by atoms with Gasteiger partial charge in [-0.15, -0.1) is 0 Å². The minimum absolute atomic E-state index is 0.0451. The second kappa shape index (κ2) is 7.62. The number of nitrogens with zero attached hydrogens (tertiary/aromatic N) is 3. The molecule has 5 rings (SSSR count). The van der Waals surface area contributed by atoms with E-state index in [1.54, 1.807) is 0 Å². The topological polar surface area (TPSA) is 38.1 Å². The Morgan fingerprint density at radius 3 is 2.67 bits per heavy atom. The second-order valence-corrected chi connectivity index (χ2v) is 8.30. The van der Waals surface area contributed by atoms with E-state index < -0.39 is 0 Å². The van der Waals surface area contributed by atoms with Crippen molar-refractivity contribution in [3.63, 3.8) is 0 Å². The van der Waals surface area contributed by atoms with Gasteiger partial charge in [-0.3, -0.25) is 4.79 Å². The molecule has 1 aliphatic rings. The Morgan fingerprint density at radius 2 is 1.83 bits per heavy atom. The number of anilines is 1. The molecule has 1 fully saturated rings. The molecule has 1 unspecified atom stereocenters. The number of rotatable bonds is 4. The van der Waals surface area contributed by atoms with E-state index in [1.807, 2.05) is 72.5 Å². The number of benzene rings is 3. The van der Waals surface area contributed by atoms with Crippen LogP contribution in [0.5, 0.6) is 0 Å². The number of halogens is 1. The van der Waals surface area contributed by atoms with Crippen molar-refractivity contribution < 1.29 is 4.79 Å². The molecule has 1 aliphatic heterocycles. The van der Waals surface area contributed by atoms with Crippen molar-refractivity contribution >= 4 is 34.2 Å². The minimum atomic E-state index is 0.0451. The van der Waals surface area contributed by atoms with Gasteiger partial charge >= 0.3 is 0 Å². The molecular weight excluding hydrogens is 394 g/mol. The van der Waals surface area contributed by atoms with Crippen molar-refractivity contribution in [3.8, 4) is 0 Å². The van der Waals surface area contributed by atoms with E-state index in [0.717, 1.165) is 38.7 Å². The summed E-state index contributed by atoms with van der Waals surface area (Å²) in [5.74, 6) is 1.15. The van der Waals surface area contributed by atoms with Crippen molar-refractivity contribution in [1.29, 1.82) is 0 Å². The van der Waals surface area contributed by atoms with Crippen molar-refractivity contribution in [2.75, 3.05) is 11.4 Å². The van der Waals surface area contributed by atoms with Crippen LogP contribution >= 0.6 is 11.6 Å². The number of carbonyl (C=O) groups is 1. The van der Waals surface area contributed by atoms with E-state index in [9.17, 15) is 4.79 Å². The summed E-state index contributed by atoms with van der Waals surface area (Å²) >= 11 is 6.21. The SMILES string of the molecule is Cc1ccccc1N1CC(c2nc3ccccc3n2Cc2cccc(Cl)c2)CC1=O. The highest BCUT2D eigenvalue weighted by Gasteiger charge is 2.35. The highest BCUT2D eigenvalue weighted by molar-refractivity contribution is 6.30. The van der Waals surface area contributed by atoms with Crippen LogP contribution in [0.1, 0.15) is 29.3 Å². The predicted molar refractivity (Wildman–Crippen MR) is 121 cm³/mol. The van der Waals surface area contributed by atoms with E-state index in [2.05, 4.69) is 16.7 Å². The Balaban J connectivity index is 1.54. The molecule has 4 nitrogen and oxygen atoms in total. The van der Waals surface area contributed by atoms with Gasteiger partial charge in [-0.1, -0.05) is 54.1 Å². The molecule has 3 aromatic carbocycles. The molecule has 0 radical (unpaired) electrons. The van der Waals surface area contributed by atoms with Crippen LogP contribution in [0.2, 0.25) is 5.02 Å². The Labute approximate surface area is 180 Å². The Bertz CT molecular complexity index is 1250. The summed E-state index contributed by atoms with van der Waals surface area (Å²) in [5, 5.41) is 0.722. The van der Waals surface area contributed by atoms with Gasteiger partial charge in [0.25, 0.3) is 0 Å². The number of para-hydroxylation sites is 3. The first-order valence-corrected chi connectivity index (χ1v) is 10.5. The van der Waals surface area contributed by atoms with Crippen LogP contribution < -0.4 is 4.90 Å². The monoisotopic (exact) mass is 415 g/mol. The average molecular weight is 416 g/mol. The summed E-state index contributed by atoms with van der Waals surface area (Å²) in [5.41, 5.74) is 5.25. The largest absolute Gasteiger partial charge is 0.323 e. The molecule has 0 aliphatic carbocycles. The van der Waals surface area contributed by atoms with Crippen LogP contribution in [-0.4, -0.2) is 22.0 Å². The van der Waals surface area contributed by atoms with Gasteiger partial charge in [-0.2, -0.15) is 0 Å². The van der Waals surface area contributed by atoms with Gasteiger partial charge in [-0.05, 0) is 48.4 Å². The highest BCUT2D eigenvalue weighted by atomic mass is 35.5. The van der Waals surface area contributed by atoms with Crippen LogP contribution in [-0.2, 0) is 11.3 Å². The van der Waals surface area contributed by atoms with Gasteiger partial charge in [-0.25, -0.2) is 4.98 Å². The number of aromatic nitrogens is 2. The maximum absolute atomic E-state index is 12.9. The first kappa shape index (κ1) is 18.9. The summed E-state index contributed by atoms with van der Waals surface area (Å²) in [6.07, 6.45) is 0.465. The molecule has 2 heterocycles. The van der Waals surface area contributed by atoms with Crippen LogP contribution in [0.15, 0.2) is 72.8 Å². The smallest absolute Gasteiger partial charge is 0.227 e. The summed E-state index contributed by atoms with van der Waals surface area (Å²) < 4.78 is 2.24. The number of aryl methyl sites for hydroxylation is 1. The standard InChI is InChI=1S/C25H22ClN3O/c1-17-7-2-4-11-22(17)28-16-19(14-24(28)30)25-27-21-10-3-5-12-23(21)29(25)15-18-8-6-9-20(26)13-18/h2-13,19H,14-16H2,1H3. The lowest BCUT2D eigenvalue weighted by molar-refractivity contribution is -0.117. The van der Waals surface area contributed by atoms with E-state index in [1.165, 1.54) is 0 Å². The van der Waals surface area contributed by atoms with E-state index in [4.69, 9.17) is 16.6 Å². The normalized spacial score (nSPS) is 16.5. The first-order valence-electron chi connectivity index (χ1n) is 10.2. The van der Waals surface area contributed by atoms with Crippen LogP contribution in [0.25, 0.3) is 11.0 Å². The van der Waals surface area contributed by atoms with Gasteiger partial charge < -0.3 is 9.47 Å². The molecule has 1 saturated heterocycles. The molecule has 1 amide bonds. The molecule has 1 aromatic heterocycles. The lowest BCUT2D eigenvalue weighted by atomic mass is 10.1. The summed E-state index contributed by atoms with van der Waals surface area (Å²) in [4.78, 5) is 19.8. The fraction of sp³-hybridized carbons (Fsp3) is 0.200. The van der Waals surface area contributed by atoms with Crippen molar-refractivity contribution in [2.45, 2.75) is 25.8 Å². The third-order valence-corrected chi connectivity index (χ3v) is 6.05. The minimum Gasteiger partial charge on any atom is -0.323 e. The predicted octanol–water partition coefficient (Wildman–Crippen LogP) is 5.57. The fourth-order valence-electron chi connectivity index (χ4n) is 4.37. The summed E-state index contributed by atoms with van der Waals surface area (Å²) in [7, 11) is 0.